The summed E-state index contributed by atoms with van der Waals surface area (Å²) in [5.41, 5.74) is 3.39. The summed E-state index contributed by atoms with van der Waals surface area (Å²) in [6, 6.07) is 23.1. The monoisotopic (exact) mass is 381 g/mol. The first kappa shape index (κ1) is 17.2. The van der Waals surface area contributed by atoms with Crippen LogP contribution in [0.3, 0.4) is 0 Å². The second kappa shape index (κ2) is 7.56. The van der Waals surface area contributed by atoms with Gasteiger partial charge in [0.1, 0.15) is 5.82 Å². The molecule has 1 heterocycles. The number of fused-ring (bicyclic) bond motifs is 1. The van der Waals surface area contributed by atoms with Crippen molar-refractivity contribution in [3.63, 3.8) is 0 Å². The van der Waals surface area contributed by atoms with Gasteiger partial charge in [-0.3, -0.25) is 0 Å². The van der Waals surface area contributed by atoms with Gasteiger partial charge in [-0.05, 0) is 41.5 Å². The van der Waals surface area contributed by atoms with Crippen molar-refractivity contribution < 1.29 is 4.39 Å². The van der Waals surface area contributed by atoms with E-state index in [-0.39, 0.29) is 5.82 Å². The second-order valence-electron chi connectivity index (χ2n) is 6.18. The van der Waals surface area contributed by atoms with Gasteiger partial charge in [0.15, 0.2) is 0 Å². The Morgan fingerprint density at radius 2 is 1.69 bits per heavy atom. The molecule has 0 atom stereocenters. The summed E-state index contributed by atoms with van der Waals surface area (Å²) in [5, 5.41) is 1.97. The molecule has 0 aliphatic carbocycles. The van der Waals surface area contributed by atoms with Crippen LogP contribution in [0, 0.1) is 5.82 Å². The summed E-state index contributed by atoms with van der Waals surface area (Å²) in [5.74, 6) is 0.556. The normalized spacial score (nSPS) is 11.2. The van der Waals surface area contributed by atoms with Gasteiger partial charge in [-0.15, -0.1) is 11.8 Å². The quantitative estimate of drug-likeness (QED) is 0.345. The minimum atomic E-state index is -0.187. The first-order valence-corrected chi connectivity index (χ1v) is 9.75. The SMILES string of the molecule is Fc1cccc(CSc2cn(Cc3ccc(Cl)cc3)c3ccccc23)c1. The summed E-state index contributed by atoms with van der Waals surface area (Å²) in [6.45, 7) is 0.790. The summed E-state index contributed by atoms with van der Waals surface area (Å²) >= 11 is 7.72. The molecule has 0 radical (unpaired) electrons. The van der Waals surface area contributed by atoms with E-state index in [0.29, 0.717) is 0 Å². The molecule has 1 aromatic heterocycles. The number of para-hydroxylation sites is 1. The number of halogens is 2. The predicted molar refractivity (Wildman–Crippen MR) is 108 cm³/mol. The number of benzene rings is 3. The van der Waals surface area contributed by atoms with Gasteiger partial charge in [-0.25, -0.2) is 4.39 Å². The minimum Gasteiger partial charge on any atom is -0.342 e. The van der Waals surface area contributed by atoms with Crippen molar-refractivity contribution in [1.29, 1.82) is 0 Å². The van der Waals surface area contributed by atoms with Gasteiger partial charge in [0.2, 0.25) is 0 Å². The highest BCUT2D eigenvalue weighted by Crippen LogP contribution is 2.32. The van der Waals surface area contributed by atoms with Crippen molar-refractivity contribution in [2.24, 2.45) is 0 Å². The molecule has 4 heteroatoms. The Morgan fingerprint density at radius 3 is 2.50 bits per heavy atom. The Morgan fingerprint density at radius 1 is 0.885 bits per heavy atom. The molecule has 4 aromatic rings. The summed E-state index contributed by atoms with van der Waals surface area (Å²) < 4.78 is 15.7. The lowest BCUT2D eigenvalue weighted by Gasteiger charge is -2.05. The minimum absolute atomic E-state index is 0.187. The zero-order valence-electron chi connectivity index (χ0n) is 14.0. The molecule has 1 nitrogen and oxygen atoms in total. The maximum atomic E-state index is 13.4. The Balaban J connectivity index is 1.62. The summed E-state index contributed by atoms with van der Waals surface area (Å²) in [7, 11) is 0. The average Bonchev–Trinajstić information content (AvgIpc) is 3.00. The van der Waals surface area contributed by atoms with E-state index >= 15 is 0 Å². The third-order valence-electron chi connectivity index (χ3n) is 4.30. The Bertz CT molecular complexity index is 1040. The number of thioether (sulfide) groups is 1. The fourth-order valence-electron chi connectivity index (χ4n) is 3.03. The van der Waals surface area contributed by atoms with Gasteiger partial charge in [-0.2, -0.15) is 0 Å². The number of aromatic nitrogens is 1. The van der Waals surface area contributed by atoms with Crippen molar-refractivity contribution in [3.8, 4) is 0 Å². The number of hydrogen-bond donors (Lipinski definition) is 0. The largest absolute Gasteiger partial charge is 0.342 e. The fourth-order valence-corrected chi connectivity index (χ4v) is 4.19. The zero-order valence-corrected chi connectivity index (χ0v) is 15.6. The lowest BCUT2D eigenvalue weighted by Crippen LogP contribution is -1.97. The lowest BCUT2D eigenvalue weighted by atomic mass is 10.2. The topological polar surface area (TPSA) is 4.93 Å². The Hall–Kier alpha value is -2.23. The summed E-state index contributed by atoms with van der Waals surface area (Å²) in [4.78, 5) is 1.21. The molecule has 0 bridgehead atoms. The molecule has 0 saturated heterocycles. The molecule has 3 aromatic carbocycles. The zero-order chi connectivity index (χ0) is 17.9. The molecule has 0 unspecified atom stereocenters. The van der Waals surface area contributed by atoms with Crippen LogP contribution in [-0.4, -0.2) is 4.57 Å². The number of hydrogen-bond acceptors (Lipinski definition) is 1. The standard InChI is InChI=1S/C22H17ClFNS/c23-18-10-8-16(9-11-18)13-25-14-22(20-6-1-2-7-21(20)25)26-15-17-4-3-5-19(24)12-17/h1-12,14H,13,15H2. The van der Waals surface area contributed by atoms with Crippen molar-refractivity contribution in [3.05, 3.63) is 101 Å². The molecule has 0 fully saturated rings. The maximum absolute atomic E-state index is 13.4. The van der Waals surface area contributed by atoms with Crippen LogP contribution < -0.4 is 0 Å². The van der Waals surface area contributed by atoms with Crippen molar-refractivity contribution in [1.82, 2.24) is 4.57 Å². The number of rotatable bonds is 5. The van der Waals surface area contributed by atoms with Crippen LogP contribution in [0.1, 0.15) is 11.1 Å². The molecule has 130 valence electrons. The Labute approximate surface area is 161 Å². The van der Waals surface area contributed by atoms with Crippen LogP contribution in [0.15, 0.2) is 83.9 Å². The van der Waals surface area contributed by atoms with Gasteiger partial charge in [0, 0.05) is 39.3 Å². The van der Waals surface area contributed by atoms with E-state index in [0.717, 1.165) is 22.9 Å². The molecule has 4 rings (SSSR count). The molecule has 0 saturated carbocycles. The molecule has 0 amide bonds. The van der Waals surface area contributed by atoms with Crippen molar-refractivity contribution in [2.75, 3.05) is 0 Å². The average molecular weight is 382 g/mol. The Kier molecular flexibility index (Phi) is 5.00. The molecule has 0 aliphatic rings. The third-order valence-corrected chi connectivity index (χ3v) is 5.67. The third kappa shape index (κ3) is 3.79. The second-order valence-corrected chi connectivity index (χ2v) is 7.64. The first-order chi connectivity index (χ1) is 12.7. The van der Waals surface area contributed by atoms with Gasteiger partial charge in [-0.1, -0.05) is 54.1 Å². The van der Waals surface area contributed by atoms with Crippen molar-refractivity contribution >= 4 is 34.3 Å². The smallest absolute Gasteiger partial charge is 0.123 e. The van der Waals surface area contributed by atoms with E-state index in [9.17, 15) is 4.39 Å². The lowest BCUT2D eigenvalue weighted by molar-refractivity contribution is 0.626. The van der Waals surface area contributed by atoms with Crippen LogP contribution in [0.25, 0.3) is 10.9 Å². The molecule has 0 spiro atoms. The molecular formula is C22H17ClFNS. The van der Waals surface area contributed by atoms with Crippen LogP contribution >= 0.6 is 23.4 Å². The van der Waals surface area contributed by atoms with E-state index in [4.69, 9.17) is 11.6 Å². The highest BCUT2D eigenvalue weighted by atomic mass is 35.5. The van der Waals surface area contributed by atoms with Gasteiger partial charge in [0.25, 0.3) is 0 Å². The van der Waals surface area contributed by atoms with Crippen LogP contribution in [0.4, 0.5) is 4.39 Å². The fraction of sp³-hybridized carbons (Fsp3) is 0.0909. The van der Waals surface area contributed by atoms with Crippen LogP contribution in [0.2, 0.25) is 5.02 Å². The van der Waals surface area contributed by atoms with Crippen molar-refractivity contribution in [2.45, 2.75) is 17.2 Å². The van der Waals surface area contributed by atoms with E-state index in [2.05, 4.69) is 47.2 Å². The maximum Gasteiger partial charge on any atom is 0.123 e. The molecule has 0 N–H and O–H groups in total. The summed E-state index contributed by atoms with van der Waals surface area (Å²) in [6.07, 6.45) is 2.18. The van der Waals surface area contributed by atoms with Crippen LogP contribution in [-0.2, 0) is 12.3 Å². The first-order valence-electron chi connectivity index (χ1n) is 8.38. The highest BCUT2D eigenvalue weighted by molar-refractivity contribution is 7.98. The van der Waals surface area contributed by atoms with Crippen LogP contribution in [0.5, 0.6) is 0 Å². The van der Waals surface area contributed by atoms with E-state index < -0.39 is 0 Å². The number of nitrogens with zero attached hydrogens (tertiary/aromatic N) is 1. The van der Waals surface area contributed by atoms with Gasteiger partial charge in [0.05, 0.1) is 0 Å². The van der Waals surface area contributed by atoms with Gasteiger partial charge >= 0.3 is 0 Å². The molecule has 0 aliphatic heterocycles. The molecular weight excluding hydrogens is 365 g/mol. The predicted octanol–water partition coefficient (Wildman–Crippen LogP) is 6.77. The highest BCUT2D eigenvalue weighted by Gasteiger charge is 2.09. The van der Waals surface area contributed by atoms with E-state index in [1.54, 1.807) is 23.9 Å². The van der Waals surface area contributed by atoms with E-state index in [1.807, 2.05) is 18.2 Å². The van der Waals surface area contributed by atoms with E-state index in [1.165, 1.54) is 27.4 Å². The van der Waals surface area contributed by atoms with Gasteiger partial charge < -0.3 is 4.57 Å². The molecule has 26 heavy (non-hydrogen) atoms.